The van der Waals surface area contributed by atoms with E-state index in [9.17, 15) is 14.4 Å². The minimum Gasteiger partial charge on any atom is -0.444 e. The van der Waals surface area contributed by atoms with Crippen molar-refractivity contribution in [2.24, 2.45) is 5.92 Å². The summed E-state index contributed by atoms with van der Waals surface area (Å²) in [7, 11) is 0. The number of hydrogen-bond acceptors (Lipinski definition) is 7. The lowest BCUT2D eigenvalue weighted by molar-refractivity contribution is -0.119. The van der Waals surface area contributed by atoms with Crippen molar-refractivity contribution < 1.29 is 23.9 Å². The van der Waals surface area contributed by atoms with Gasteiger partial charge in [-0.05, 0) is 57.7 Å². The highest BCUT2D eigenvalue weighted by molar-refractivity contribution is 7.09. The maximum atomic E-state index is 13.2. The molecular formula is C24H32N4O5S. The van der Waals surface area contributed by atoms with Crippen molar-refractivity contribution in [3.63, 3.8) is 0 Å². The van der Waals surface area contributed by atoms with Crippen LogP contribution in [0.25, 0.3) is 0 Å². The van der Waals surface area contributed by atoms with Gasteiger partial charge in [-0.25, -0.2) is 9.59 Å². The van der Waals surface area contributed by atoms with E-state index in [0.717, 1.165) is 37.0 Å². The first kappa shape index (κ1) is 25.5. The minimum atomic E-state index is -0.712. The Hall–Kier alpha value is -3.14. The van der Waals surface area contributed by atoms with Gasteiger partial charge in [0.15, 0.2) is 0 Å². The van der Waals surface area contributed by atoms with Crippen molar-refractivity contribution in [3.8, 4) is 0 Å². The third-order valence-corrected chi connectivity index (χ3v) is 6.03. The molecular weight excluding hydrogens is 456 g/mol. The number of anilines is 2. The predicted octanol–water partition coefficient (Wildman–Crippen LogP) is 5.30. The molecule has 184 valence electrons. The standard InChI is InChI=1S/C24H32N4O5S/c1-24(2,3)33-23(31)28-20(16-8-5-4-6-9-16)21(29)26-17-10-7-11-18(12-17)27-22(30)32-14-19-13-25-15-34-19/h7,10-13,15-16,20H,4-6,8-9,14H2,1-3H3,(H,26,29)(H,27,30)(H,28,31)/t20-/m0/s1. The summed E-state index contributed by atoms with van der Waals surface area (Å²) in [4.78, 5) is 42.5. The molecule has 1 saturated carbocycles. The average molecular weight is 489 g/mol. The van der Waals surface area contributed by atoms with E-state index in [1.54, 1.807) is 56.7 Å². The summed E-state index contributed by atoms with van der Waals surface area (Å²) < 4.78 is 10.6. The Morgan fingerprint density at radius 3 is 2.44 bits per heavy atom. The van der Waals surface area contributed by atoms with Gasteiger partial charge in [-0.3, -0.25) is 15.1 Å². The van der Waals surface area contributed by atoms with Crippen molar-refractivity contribution in [1.82, 2.24) is 10.3 Å². The Morgan fingerprint density at radius 1 is 1.09 bits per heavy atom. The highest BCUT2D eigenvalue weighted by atomic mass is 32.1. The fourth-order valence-electron chi connectivity index (χ4n) is 3.80. The Kier molecular flexibility index (Phi) is 8.86. The Balaban J connectivity index is 1.62. The van der Waals surface area contributed by atoms with Gasteiger partial charge in [0.1, 0.15) is 18.2 Å². The molecule has 0 saturated heterocycles. The first-order valence-electron chi connectivity index (χ1n) is 11.4. The maximum absolute atomic E-state index is 13.2. The number of amides is 3. The van der Waals surface area contributed by atoms with Crippen LogP contribution in [-0.2, 0) is 20.9 Å². The molecule has 1 heterocycles. The van der Waals surface area contributed by atoms with Crippen molar-refractivity contribution in [2.45, 2.75) is 71.1 Å². The fraction of sp³-hybridized carbons (Fsp3) is 0.500. The molecule has 0 radical (unpaired) electrons. The third kappa shape index (κ3) is 8.33. The van der Waals surface area contributed by atoms with E-state index in [2.05, 4.69) is 20.9 Å². The minimum absolute atomic E-state index is 0.0318. The number of alkyl carbamates (subject to hydrolysis) is 1. The molecule has 0 spiro atoms. The topological polar surface area (TPSA) is 119 Å². The largest absolute Gasteiger partial charge is 0.444 e. The summed E-state index contributed by atoms with van der Waals surface area (Å²) >= 11 is 1.40. The molecule has 0 bridgehead atoms. The van der Waals surface area contributed by atoms with Crippen LogP contribution in [0.15, 0.2) is 36.0 Å². The first-order valence-corrected chi connectivity index (χ1v) is 12.3. The number of nitrogens with one attached hydrogen (secondary N) is 3. The van der Waals surface area contributed by atoms with E-state index >= 15 is 0 Å². The number of rotatable bonds is 7. The molecule has 0 aliphatic heterocycles. The van der Waals surface area contributed by atoms with Crippen LogP contribution in [0, 0.1) is 5.92 Å². The molecule has 10 heteroatoms. The van der Waals surface area contributed by atoms with Crippen LogP contribution < -0.4 is 16.0 Å². The Morgan fingerprint density at radius 2 is 1.79 bits per heavy atom. The van der Waals surface area contributed by atoms with E-state index in [-0.39, 0.29) is 18.4 Å². The van der Waals surface area contributed by atoms with Crippen LogP contribution in [-0.4, -0.2) is 34.7 Å². The van der Waals surface area contributed by atoms with E-state index < -0.39 is 23.8 Å². The molecule has 1 aliphatic carbocycles. The second kappa shape index (κ2) is 11.8. The van der Waals surface area contributed by atoms with Crippen LogP contribution in [0.4, 0.5) is 21.0 Å². The number of hydrogen-bond donors (Lipinski definition) is 3. The van der Waals surface area contributed by atoms with E-state index in [1.807, 2.05) is 0 Å². The van der Waals surface area contributed by atoms with Crippen molar-refractivity contribution in [2.75, 3.05) is 10.6 Å². The van der Waals surface area contributed by atoms with Gasteiger partial charge in [0.2, 0.25) is 5.91 Å². The Labute approximate surface area is 203 Å². The first-order chi connectivity index (χ1) is 16.2. The zero-order valence-electron chi connectivity index (χ0n) is 19.8. The lowest BCUT2D eigenvalue weighted by Crippen LogP contribution is -2.50. The molecule has 34 heavy (non-hydrogen) atoms. The average Bonchev–Trinajstić information content (AvgIpc) is 3.29. The predicted molar refractivity (Wildman–Crippen MR) is 131 cm³/mol. The van der Waals surface area contributed by atoms with Crippen molar-refractivity contribution >= 4 is 40.8 Å². The SMILES string of the molecule is CC(C)(C)OC(=O)N[C@H](C(=O)Nc1cccc(NC(=O)OCc2cncs2)c1)C1CCCCC1. The number of nitrogens with zero attached hydrogens (tertiary/aromatic N) is 1. The molecule has 3 amide bonds. The molecule has 0 unspecified atom stereocenters. The van der Waals surface area contributed by atoms with Crippen LogP contribution in [0.2, 0.25) is 0 Å². The third-order valence-electron chi connectivity index (χ3n) is 5.28. The zero-order chi connectivity index (χ0) is 24.6. The van der Waals surface area contributed by atoms with Gasteiger partial charge in [0.05, 0.1) is 10.4 Å². The van der Waals surface area contributed by atoms with E-state index in [0.29, 0.717) is 11.4 Å². The molecule has 1 atom stereocenters. The Bertz CT molecular complexity index is 968. The van der Waals surface area contributed by atoms with Gasteiger partial charge in [0, 0.05) is 17.6 Å². The summed E-state index contributed by atoms with van der Waals surface area (Å²) in [6.07, 6.45) is 5.32. The summed E-state index contributed by atoms with van der Waals surface area (Å²) in [5, 5.41) is 8.29. The van der Waals surface area contributed by atoms with Crippen molar-refractivity contribution in [3.05, 3.63) is 40.8 Å². The smallest absolute Gasteiger partial charge is 0.411 e. The number of carbonyl (C=O) groups is 3. The van der Waals surface area contributed by atoms with Gasteiger partial charge in [0.25, 0.3) is 0 Å². The molecule has 1 aliphatic rings. The van der Waals surface area contributed by atoms with Gasteiger partial charge < -0.3 is 20.1 Å². The summed E-state index contributed by atoms with van der Waals surface area (Å²) in [5.41, 5.74) is 1.98. The highest BCUT2D eigenvalue weighted by Crippen LogP contribution is 2.28. The highest BCUT2D eigenvalue weighted by Gasteiger charge is 2.32. The normalized spacial score (nSPS) is 15.1. The monoisotopic (exact) mass is 488 g/mol. The molecule has 1 aromatic heterocycles. The number of carbonyl (C=O) groups excluding carboxylic acids is 3. The number of ether oxygens (including phenoxy) is 2. The van der Waals surface area contributed by atoms with Gasteiger partial charge in [-0.15, -0.1) is 11.3 Å². The molecule has 1 aromatic carbocycles. The van der Waals surface area contributed by atoms with Crippen LogP contribution in [0.3, 0.4) is 0 Å². The van der Waals surface area contributed by atoms with Gasteiger partial charge >= 0.3 is 12.2 Å². The second-order valence-electron chi connectivity index (χ2n) is 9.26. The quantitative estimate of drug-likeness (QED) is 0.486. The van der Waals surface area contributed by atoms with Crippen LogP contribution in [0.1, 0.15) is 57.8 Å². The molecule has 9 nitrogen and oxygen atoms in total. The van der Waals surface area contributed by atoms with E-state index in [1.165, 1.54) is 11.3 Å². The number of thiazole rings is 1. The molecule has 2 aromatic rings. The lowest BCUT2D eigenvalue weighted by atomic mass is 9.83. The van der Waals surface area contributed by atoms with Crippen LogP contribution >= 0.6 is 11.3 Å². The van der Waals surface area contributed by atoms with Gasteiger partial charge in [-0.1, -0.05) is 25.3 Å². The lowest BCUT2D eigenvalue weighted by Gasteiger charge is -2.31. The van der Waals surface area contributed by atoms with Crippen LogP contribution in [0.5, 0.6) is 0 Å². The molecule has 3 N–H and O–H groups in total. The number of benzene rings is 1. The summed E-state index contributed by atoms with van der Waals surface area (Å²) in [5.74, 6) is -0.285. The number of aromatic nitrogens is 1. The zero-order valence-corrected chi connectivity index (χ0v) is 20.6. The van der Waals surface area contributed by atoms with Gasteiger partial charge in [-0.2, -0.15) is 0 Å². The fourth-order valence-corrected chi connectivity index (χ4v) is 4.30. The summed E-state index contributed by atoms with van der Waals surface area (Å²) in [6.45, 7) is 5.47. The van der Waals surface area contributed by atoms with E-state index in [4.69, 9.17) is 9.47 Å². The second-order valence-corrected chi connectivity index (χ2v) is 10.2. The maximum Gasteiger partial charge on any atom is 0.411 e. The molecule has 3 rings (SSSR count). The summed E-state index contributed by atoms with van der Waals surface area (Å²) in [6, 6.07) is 6.05. The van der Waals surface area contributed by atoms with Crippen molar-refractivity contribution in [1.29, 1.82) is 0 Å². The molecule has 1 fully saturated rings.